The molecule has 0 spiro atoms. The fourth-order valence-electron chi connectivity index (χ4n) is 5.14. The molecular weight excluding hydrogens is 347 g/mol. The van der Waals surface area contributed by atoms with Gasteiger partial charge in [-0.1, -0.05) is 97.1 Å². The predicted molar refractivity (Wildman–Crippen MR) is 114 cm³/mol. The highest BCUT2D eigenvalue weighted by atomic mass is 31.2. The minimum Gasteiger partial charge on any atom is -0.313 e. The minimum atomic E-state index is -2.73. The van der Waals surface area contributed by atoms with Crippen molar-refractivity contribution in [3.63, 3.8) is 0 Å². The number of hydrogen-bond acceptors (Lipinski definition) is 1. The van der Waals surface area contributed by atoms with Crippen LogP contribution >= 0.6 is 7.14 Å². The third kappa shape index (κ3) is 2.65. The van der Waals surface area contributed by atoms with Gasteiger partial charge in [0.15, 0.2) is 0 Å². The van der Waals surface area contributed by atoms with Crippen LogP contribution in [0.25, 0.3) is 5.57 Å². The lowest BCUT2D eigenvalue weighted by atomic mass is 9.92. The van der Waals surface area contributed by atoms with Gasteiger partial charge in [-0.25, -0.2) is 0 Å². The van der Waals surface area contributed by atoms with Crippen molar-refractivity contribution in [2.45, 2.75) is 18.5 Å². The summed E-state index contributed by atoms with van der Waals surface area (Å²) in [5.41, 5.74) is 2.88. The first-order valence-corrected chi connectivity index (χ1v) is 11.5. The Morgan fingerprint density at radius 2 is 1.19 bits per heavy atom. The van der Waals surface area contributed by atoms with Gasteiger partial charge in [0.1, 0.15) is 7.14 Å². The van der Waals surface area contributed by atoms with Crippen LogP contribution in [0.1, 0.15) is 18.4 Å². The van der Waals surface area contributed by atoms with Crippen molar-refractivity contribution in [2.24, 2.45) is 11.8 Å². The van der Waals surface area contributed by atoms with Crippen LogP contribution in [-0.2, 0) is 4.57 Å². The van der Waals surface area contributed by atoms with Gasteiger partial charge in [-0.05, 0) is 35.8 Å². The molecule has 0 amide bonds. The second-order valence-electron chi connectivity index (χ2n) is 7.66. The molecule has 0 aliphatic heterocycles. The van der Waals surface area contributed by atoms with E-state index in [1.165, 1.54) is 11.1 Å². The Balaban J connectivity index is 1.64. The van der Waals surface area contributed by atoms with Crippen LogP contribution in [0.15, 0.2) is 97.1 Å². The van der Waals surface area contributed by atoms with Gasteiger partial charge in [-0.2, -0.15) is 0 Å². The molecule has 27 heavy (non-hydrogen) atoms. The molecular formula is C25H23OP. The average Bonchev–Trinajstić information content (AvgIpc) is 3.34. The van der Waals surface area contributed by atoms with E-state index in [0.29, 0.717) is 11.8 Å². The molecule has 1 nitrogen and oxygen atoms in total. The van der Waals surface area contributed by atoms with Gasteiger partial charge in [0.2, 0.25) is 0 Å². The topological polar surface area (TPSA) is 17.1 Å². The quantitative estimate of drug-likeness (QED) is 0.555. The highest BCUT2D eigenvalue weighted by Gasteiger charge is 2.52. The normalized spacial score (nSPS) is 24.0. The van der Waals surface area contributed by atoms with Crippen molar-refractivity contribution >= 4 is 23.3 Å². The van der Waals surface area contributed by atoms with Gasteiger partial charge in [-0.15, -0.1) is 0 Å². The van der Waals surface area contributed by atoms with Crippen LogP contribution in [0.2, 0.25) is 0 Å². The van der Waals surface area contributed by atoms with E-state index in [1.807, 2.05) is 36.4 Å². The predicted octanol–water partition coefficient (Wildman–Crippen LogP) is 5.49. The first kappa shape index (κ1) is 16.8. The van der Waals surface area contributed by atoms with Crippen molar-refractivity contribution in [3.05, 3.63) is 103 Å². The van der Waals surface area contributed by atoms with Crippen molar-refractivity contribution in [1.82, 2.24) is 0 Å². The molecule has 3 aromatic carbocycles. The standard InChI is InChI=1S/C25H23OP/c26-27(21-12-6-2-7-13-21,22-14-8-3-9-15-22)25-20-16-17-23(25)24(18-20)19-10-4-1-5-11-19/h1-15,18,20,23,25H,16-17H2. The number of allylic oxidation sites excluding steroid dienone is 2. The van der Waals surface area contributed by atoms with E-state index in [9.17, 15) is 4.57 Å². The molecule has 5 rings (SSSR count). The Hall–Kier alpha value is -2.37. The Morgan fingerprint density at radius 3 is 1.74 bits per heavy atom. The number of rotatable bonds is 4. The van der Waals surface area contributed by atoms with E-state index < -0.39 is 7.14 Å². The van der Waals surface area contributed by atoms with E-state index in [0.717, 1.165) is 23.5 Å². The maximum Gasteiger partial charge on any atom is 0.147 e. The Morgan fingerprint density at radius 1 is 0.667 bits per heavy atom. The monoisotopic (exact) mass is 370 g/mol. The fourth-order valence-corrected chi connectivity index (χ4v) is 8.95. The lowest BCUT2D eigenvalue weighted by Gasteiger charge is -2.30. The zero-order valence-corrected chi connectivity index (χ0v) is 16.1. The van der Waals surface area contributed by atoms with Crippen LogP contribution in [-0.4, -0.2) is 5.66 Å². The van der Waals surface area contributed by atoms with Gasteiger partial charge in [-0.3, -0.25) is 0 Å². The Bertz CT molecular complexity index is 964. The maximum absolute atomic E-state index is 14.8. The molecule has 2 aliphatic rings. The van der Waals surface area contributed by atoms with Gasteiger partial charge >= 0.3 is 0 Å². The van der Waals surface area contributed by atoms with E-state index in [2.05, 4.69) is 60.7 Å². The first-order chi connectivity index (χ1) is 13.3. The first-order valence-electron chi connectivity index (χ1n) is 9.76. The molecule has 0 saturated heterocycles. The molecule has 1 saturated carbocycles. The SMILES string of the molecule is O=P(c1ccccc1)(c1ccccc1)C1C2C=C(c3ccccc3)C1CC2. The van der Waals surface area contributed by atoms with Crippen LogP contribution in [0, 0.1) is 11.8 Å². The molecule has 0 heterocycles. The second kappa shape index (κ2) is 6.66. The van der Waals surface area contributed by atoms with Crippen LogP contribution in [0.4, 0.5) is 0 Å². The summed E-state index contributed by atoms with van der Waals surface area (Å²) in [6.07, 6.45) is 4.71. The van der Waals surface area contributed by atoms with Gasteiger partial charge in [0.05, 0.1) is 0 Å². The number of fused-ring (bicyclic) bond motifs is 2. The molecule has 134 valence electrons. The summed E-state index contributed by atoms with van der Waals surface area (Å²) < 4.78 is 14.8. The van der Waals surface area contributed by atoms with Crippen molar-refractivity contribution < 1.29 is 4.57 Å². The van der Waals surface area contributed by atoms with Gasteiger partial charge in [0.25, 0.3) is 0 Å². The Kier molecular flexibility index (Phi) is 4.14. The zero-order valence-electron chi connectivity index (χ0n) is 15.2. The lowest BCUT2D eigenvalue weighted by molar-refractivity contribution is 0.562. The summed E-state index contributed by atoms with van der Waals surface area (Å²) in [4.78, 5) is 0. The fraction of sp³-hybridized carbons (Fsp3) is 0.200. The van der Waals surface area contributed by atoms with Crippen molar-refractivity contribution in [2.75, 3.05) is 0 Å². The molecule has 3 unspecified atom stereocenters. The number of benzene rings is 3. The summed E-state index contributed by atoms with van der Waals surface area (Å²) in [6.45, 7) is 0. The molecule has 0 aromatic heterocycles. The summed E-state index contributed by atoms with van der Waals surface area (Å²) in [6, 6.07) is 31.0. The minimum absolute atomic E-state index is 0.178. The highest BCUT2D eigenvalue weighted by Crippen LogP contribution is 2.64. The Labute approximate surface area is 161 Å². The van der Waals surface area contributed by atoms with Crippen molar-refractivity contribution in [1.29, 1.82) is 0 Å². The summed E-state index contributed by atoms with van der Waals surface area (Å²) in [7, 11) is -2.73. The molecule has 0 N–H and O–H groups in total. The molecule has 2 bridgehead atoms. The highest BCUT2D eigenvalue weighted by molar-refractivity contribution is 7.79. The second-order valence-corrected chi connectivity index (χ2v) is 10.6. The van der Waals surface area contributed by atoms with Crippen LogP contribution in [0.5, 0.6) is 0 Å². The third-order valence-electron chi connectivity index (χ3n) is 6.26. The molecule has 1 fully saturated rings. The van der Waals surface area contributed by atoms with Crippen LogP contribution < -0.4 is 10.6 Å². The van der Waals surface area contributed by atoms with Crippen molar-refractivity contribution in [3.8, 4) is 0 Å². The molecule has 3 aromatic rings. The molecule has 2 heteroatoms. The van der Waals surface area contributed by atoms with E-state index in [1.54, 1.807) is 0 Å². The van der Waals surface area contributed by atoms with Crippen LogP contribution in [0.3, 0.4) is 0 Å². The summed E-state index contributed by atoms with van der Waals surface area (Å²) in [5.74, 6) is 0.778. The van der Waals surface area contributed by atoms with Gasteiger partial charge < -0.3 is 4.57 Å². The number of hydrogen-bond donors (Lipinski definition) is 0. The lowest BCUT2D eigenvalue weighted by Crippen LogP contribution is -2.29. The van der Waals surface area contributed by atoms with Gasteiger partial charge in [0, 0.05) is 16.3 Å². The van der Waals surface area contributed by atoms with E-state index in [-0.39, 0.29) is 5.66 Å². The molecule has 0 radical (unpaired) electrons. The smallest absolute Gasteiger partial charge is 0.147 e. The largest absolute Gasteiger partial charge is 0.313 e. The van der Waals surface area contributed by atoms with E-state index >= 15 is 0 Å². The maximum atomic E-state index is 14.8. The summed E-state index contributed by atoms with van der Waals surface area (Å²) in [5, 5.41) is 2.00. The molecule has 3 atom stereocenters. The molecule has 2 aliphatic carbocycles. The average molecular weight is 370 g/mol. The third-order valence-corrected chi connectivity index (χ3v) is 9.97. The zero-order chi connectivity index (χ0) is 18.3. The van der Waals surface area contributed by atoms with E-state index in [4.69, 9.17) is 0 Å². The summed E-state index contributed by atoms with van der Waals surface area (Å²) >= 11 is 0.